The summed E-state index contributed by atoms with van der Waals surface area (Å²) in [5.41, 5.74) is 0.986. The molecule has 0 unspecified atom stereocenters. The van der Waals surface area contributed by atoms with Crippen LogP contribution in [0.15, 0.2) is 30.3 Å². The second kappa shape index (κ2) is 5.21. The number of carbonyl (C=O) groups is 1. The van der Waals surface area contributed by atoms with Gasteiger partial charge in [-0.15, -0.1) is 11.3 Å². The Morgan fingerprint density at radius 3 is 2.59 bits per heavy atom. The van der Waals surface area contributed by atoms with Crippen molar-refractivity contribution in [3.05, 3.63) is 45.3 Å². The summed E-state index contributed by atoms with van der Waals surface area (Å²) in [6, 6.07) is 9.28. The molecule has 0 radical (unpaired) electrons. The Balaban J connectivity index is 2.37. The zero-order valence-electron chi connectivity index (χ0n) is 9.17. The number of benzene rings is 1. The predicted octanol–water partition coefficient (Wildman–Crippen LogP) is 5.31. The summed E-state index contributed by atoms with van der Waals surface area (Å²) in [5.74, 6) is 0.168. The Hall–Kier alpha value is -0.830. The van der Waals surface area contributed by atoms with Crippen LogP contribution in [-0.4, -0.2) is 5.78 Å². The lowest BCUT2D eigenvalue weighted by atomic mass is 10.2. The number of ketones is 1. The summed E-state index contributed by atoms with van der Waals surface area (Å²) >= 11 is 13.3. The zero-order chi connectivity index (χ0) is 12.4. The van der Waals surface area contributed by atoms with E-state index >= 15 is 0 Å². The highest BCUT2D eigenvalue weighted by molar-refractivity contribution is 7.17. The lowest BCUT2D eigenvalue weighted by molar-refractivity contribution is 0.0992. The van der Waals surface area contributed by atoms with Crippen LogP contribution < -0.4 is 0 Å². The fourth-order valence-electron chi connectivity index (χ4n) is 1.47. The minimum absolute atomic E-state index is 0.168. The molecule has 1 nitrogen and oxygen atoms in total. The van der Waals surface area contributed by atoms with Gasteiger partial charge in [0.2, 0.25) is 0 Å². The van der Waals surface area contributed by atoms with Gasteiger partial charge >= 0.3 is 0 Å². The fourth-order valence-corrected chi connectivity index (χ4v) is 2.78. The number of thiophene rings is 1. The van der Waals surface area contributed by atoms with Gasteiger partial charge in [0.1, 0.15) is 0 Å². The summed E-state index contributed by atoms with van der Waals surface area (Å²) in [5, 5.41) is 1.07. The molecule has 2 rings (SSSR count). The van der Waals surface area contributed by atoms with Gasteiger partial charge in [0.25, 0.3) is 0 Å². The molecular formula is C13H10Cl2OS. The highest BCUT2D eigenvalue weighted by Gasteiger charge is 2.09. The van der Waals surface area contributed by atoms with Crippen LogP contribution in [0.1, 0.15) is 23.0 Å². The smallest absolute Gasteiger partial charge is 0.172 e. The second-order valence-electron chi connectivity index (χ2n) is 3.57. The summed E-state index contributed by atoms with van der Waals surface area (Å²) in [6.07, 6.45) is 0.529. The van der Waals surface area contributed by atoms with Crippen molar-refractivity contribution in [2.24, 2.45) is 0 Å². The predicted molar refractivity (Wildman–Crippen MR) is 74.4 cm³/mol. The monoisotopic (exact) mass is 284 g/mol. The molecule has 0 atom stereocenters. The van der Waals surface area contributed by atoms with Crippen LogP contribution in [0, 0.1) is 0 Å². The van der Waals surface area contributed by atoms with Crippen LogP contribution in [0.4, 0.5) is 0 Å². The third-order valence-electron chi connectivity index (χ3n) is 2.41. The lowest BCUT2D eigenvalue weighted by Crippen LogP contribution is -1.90. The van der Waals surface area contributed by atoms with Gasteiger partial charge in [0.15, 0.2) is 5.78 Å². The van der Waals surface area contributed by atoms with Crippen molar-refractivity contribution in [2.75, 3.05) is 0 Å². The Morgan fingerprint density at radius 2 is 1.94 bits per heavy atom. The normalized spacial score (nSPS) is 10.5. The Morgan fingerprint density at radius 1 is 1.18 bits per heavy atom. The SMILES string of the molecule is CCC(=O)c1ccc(-c2ccc(Cl)c(Cl)c2)s1. The number of hydrogen-bond donors (Lipinski definition) is 0. The first-order chi connectivity index (χ1) is 8.11. The first-order valence-corrected chi connectivity index (χ1v) is 6.77. The van der Waals surface area contributed by atoms with Crippen molar-refractivity contribution in [1.29, 1.82) is 0 Å². The van der Waals surface area contributed by atoms with E-state index in [2.05, 4.69) is 0 Å². The number of halogens is 2. The third kappa shape index (κ3) is 2.71. The average Bonchev–Trinajstić information content (AvgIpc) is 2.81. The molecule has 0 aliphatic rings. The second-order valence-corrected chi connectivity index (χ2v) is 5.47. The largest absolute Gasteiger partial charge is 0.293 e. The molecule has 0 amide bonds. The maximum Gasteiger partial charge on any atom is 0.172 e. The molecule has 2 aromatic rings. The van der Waals surface area contributed by atoms with Gasteiger partial charge in [-0.1, -0.05) is 36.2 Å². The van der Waals surface area contributed by atoms with Crippen LogP contribution in [0.3, 0.4) is 0 Å². The Kier molecular flexibility index (Phi) is 3.87. The van der Waals surface area contributed by atoms with Gasteiger partial charge in [-0.05, 0) is 29.8 Å². The fraction of sp³-hybridized carbons (Fsp3) is 0.154. The molecule has 1 heterocycles. The number of Topliss-reactive ketones (excluding diaryl/α,β-unsaturated/α-hetero) is 1. The standard InChI is InChI=1S/C13H10Cl2OS/c1-2-11(16)13-6-5-12(17-13)8-3-4-9(14)10(15)7-8/h3-7H,2H2,1H3. The molecule has 0 fully saturated rings. The Labute approximate surface area is 114 Å². The average molecular weight is 285 g/mol. The van der Waals surface area contributed by atoms with Crippen molar-refractivity contribution in [2.45, 2.75) is 13.3 Å². The van der Waals surface area contributed by atoms with Gasteiger partial charge in [0.05, 0.1) is 14.9 Å². The van der Waals surface area contributed by atoms with Crippen molar-refractivity contribution in [3.63, 3.8) is 0 Å². The first-order valence-electron chi connectivity index (χ1n) is 5.20. The van der Waals surface area contributed by atoms with Crippen LogP contribution in [0.2, 0.25) is 10.0 Å². The highest BCUT2D eigenvalue weighted by atomic mass is 35.5. The number of hydrogen-bond acceptors (Lipinski definition) is 2. The van der Waals surface area contributed by atoms with Crippen LogP contribution in [0.25, 0.3) is 10.4 Å². The van der Waals surface area contributed by atoms with Gasteiger partial charge in [-0.2, -0.15) is 0 Å². The molecular weight excluding hydrogens is 275 g/mol. The summed E-state index contributed by atoms with van der Waals surface area (Å²) in [4.78, 5) is 13.4. The Bertz CT molecular complexity index is 560. The molecule has 0 aliphatic carbocycles. The van der Waals surface area contributed by atoms with Gasteiger partial charge in [-0.3, -0.25) is 4.79 Å². The van der Waals surface area contributed by atoms with Gasteiger partial charge in [0, 0.05) is 11.3 Å². The maximum atomic E-state index is 11.5. The number of carbonyl (C=O) groups excluding carboxylic acids is 1. The minimum Gasteiger partial charge on any atom is -0.293 e. The number of rotatable bonds is 3. The van der Waals surface area contributed by atoms with Gasteiger partial charge < -0.3 is 0 Å². The molecule has 0 saturated carbocycles. The van der Waals surface area contributed by atoms with Crippen LogP contribution in [-0.2, 0) is 0 Å². The van der Waals surface area contributed by atoms with E-state index in [4.69, 9.17) is 23.2 Å². The van der Waals surface area contributed by atoms with E-state index in [-0.39, 0.29) is 5.78 Å². The van der Waals surface area contributed by atoms with E-state index in [1.165, 1.54) is 11.3 Å². The van der Waals surface area contributed by atoms with Crippen LogP contribution in [0.5, 0.6) is 0 Å². The zero-order valence-corrected chi connectivity index (χ0v) is 11.5. The van der Waals surface area contributed by atoms with E-state index in [9.17, 15) is 4.79 Å². The molecule has 0 saturated heterocycles. The molecule has 1 aromatic heterocycles. The highest BCUT2D eigenvalue weighted by Crippen LogP contribution is 2.33. The van der Waals surface area contributed by atoms with Crippen molar-refractivity contribution >= 4 is 40.3 Å². The van der Waals surface area contributed by atoms with Crippen LogP contribution >= 0.6 is 34.5 Å². The topological polar surface area (TPSA) is 17.1 Å². The molecule has 4 heteroatoms. The van der Waals surface area contributed by atoms with E-state index < -0.39 is 0 Å². The van der Waals surface area contributed by atoms with Crippen molar-refractivity contribution < 1.29 is 4.79 Å². The molecule has 0 N–H and O–H groups in total. The molecule has 17 heavy (non-hydrogen) atoms. The van der Waals surface area contributed by atoms with Crippen molar-refractivity contribution in [3.8, 4) is 10.4 Å². The molecule has 1 aromatic carbocycles. The molecule has 0 bridgehead atoms. The van der Waals surface area contributed by atoms with E-state index in [1.54, 1.807) is 6.07 Å². The van der Waals surface area contributed by atoms with E-state index in [0.717, 1.165) is 15.3 Å². The molecule has 0 aliphatic heterocycles. The first kappa shape index (κ1) is 12.6. The van der Waals surface area contributed by atoms with Gasteiger partial charge in [-0.25, -0.2) is 0 Å². The molecule has 88 valence electrons. The van der Waals surface area contributed by atoms with Crippen molar-refractivity contribution in [1.82, 2.24) is 0 Å². The summed E-state index contributed by atoms with van der Waals surface area (Å²) in [6.45, 7) is 1.86. The van der Waals surface area contributed by atoms with E-state index in [1.807, 2.05) is 31.2 Å². The van der Waals surface area contributed by atoms with E-state index in [0.29, 0.717) is 16.5 Å². The summed E-state index contributed by atoms with van der Waals surface area (Å²) < 4.78 is 0. The maximum absolute atomic E-state index is 11.5. The molecule has 0 spiro atoms. The minimum atomic E-state index is 0.168. The third-order valence-corrected chi connectivity index (χ3v) is 4.32. The summed E-state index contributed by atoms with van der Waals surface area (Å²) in [7, 11) is 0. The lowest BCUT2D eigenvalue weighted by Gasteiger charge is -1.99. The quantitative estimate of drug-likeness (QED) is 0.698.